The van der Waals surface area contributed by atoms with Crippen molar-refractivity contribution in [1.82, 2.24) is 4.98 Å². The Morgan fingerprint density at radius 1 is 1.47 bits per heavy atom. The minimum absolute atomic E-state index is 0.554. The number of nitrogens with zero attached hydrogens (tertiary/aromatic N) is 1. The number of hydrogen-bond acceptors (Lipinski definition) is 2. The van der Waals surface area contributed by atoms with Gasteiger partial charge in [-0.15, -0.1) is 0 Å². The Morgan fingerprint density at radius 2 is 2.18 bits per heavy atom. The van der Waals surface area contributed by atoms with Crippen LogP contribution in [-0.4, -0.2) is 24.1 Å². The van der Waals surface area contributed by atoms with Crippen LogP contribution in [0.5, 0.6) is 0 Å². The molecule has 3 nitrogen and oxygen atoms in total. The maximum Gasteiger partial charge on any atom is 0.327 e. The van der Waals surface area contributed by atoms with Gasteiger partial charge in [0.15, 0.2) is 0 Å². The number of carboxylic acids is 1. The molecule has 0 fully saturated rings. The standard InChI is InChI=1S/C13H19NO2Si/c1-4-5-8-11(13(15)16)17(2,3)12-9-6-7-10-14-12/h6-10H,4-5H2,1-3H3,(H,15,16)/b11-8+. The zero-order chi connectivity index (χ0) is 12.9. The van der Waals surface area contributed by atoms with Crippen LogP contribution in [0.2, 0.25) is 13.1 Å². The third-order valence-corrected chi connectivity index (χ3v) is 6.19. The zero-order valence-corrected chi connectivity index (χ0v) is 11.6. The lowest BCUT2D eigenvalue weighted by Crippen LogP contribution is -2.47. The first-order chi connectivity index (χ1) is 8.00. The van der Waals surface area contributed by atoms with E-state index in [1.807, 2.05) is 44.3 Å². The Morgan fingerprint density at radius 3 is 2.65 bits per heavy atom. The van der Waals surface area contributed by atoms with Gasteiger partial charge >= 0.3 is 5.97 Å². The summed E-state index contributed by atoms with van der Waals surface area (Å²) in [5, 5.41) is 10.8. The first-order valence-corrected chi connectivity index (χ1v) is 8.85. The number of rotatable bonds is 5. The van der Waals surface area contributed by atoms with E-state index >= 15 is 0 Å². The van der Waals surface area contributed by atoms with E-state index in [2.05, 4.69) is 4.98 Å². The summed E-state index contributed by atoms with van der Waals surface area (Å²) in [5.74, 6) is -0.805. The van der Waals surface area contributed by atoms with Crippen LogP contribution >= 0.6 is 0 Å². The summed E-state index contributed by atoms with van der Waals surface area (Å²) in [6.45, 7) is 6.11. The lowest BCUT2D eigenvalue weighted by molar-refractivity contribution is -0.132. The third kappa shape index (κ3) is 3.26. The Balaban J connectivity index is 3.13. The van der Waals surface area contributed by atoms with E-state index in [4.69, 9.17) is 0 Å². The molecular formula is C13H19NO2Si. The number of carboxylic acid groups (broad SMARTS) is 1. The lowest BCUT2D eigenvalue weighted by atomic mass is 10.3. The maximum atomic E-state index is 11.4. The molecule has 17 heavy (non-hydrogen) atoms. The first kappa shape index (κ1) is 13.6. The van der Waals surface area contributed by atoms with Crippen LogP contribution in [0, 0.1) is 0 Å². The van der Waals surface area contributed by atoms with Gasteiger partial charge in [-0.25, -0.2) is 4.79 Å². The molecule has 0 aliphatic rings. The molecule has 0 radical (unpaired) electrons. The van der Waals surface area contributed by atoms with Gasteiger partial charge in [0, 0.05) is 16.7 Å². The number of aromatic nitrogens is 1. The van der Waals surface area contributed by atoms with Gasteiger partial charge in [0.05, 0.1) is 0 Å². The lowest BCUT2D eigenvalue weighted by Gasteiger charge is -2.22. The summed E-state index contributed by atoms with van der Waals surface area (Å²) in [7, 11) is -2.16. The number of allylic oxidation sites excluding steroid dienone is 1. The smallest absolute Gasteiger partial charge is 0.327 e. The highest BCUT2D eigenvalue weighted by Crippen LogP contribution is 2.16. The molecule has 1 rings (SSSR count). The second-order valence-electron chi connectivity index (χ2n) is 4.55. The SMILES string of the molecule is CCC/C=C(\C(=O)O)[Si](C)(C)c1ccccn1. The first-order valence-electron chi connectivity index (χ1n) is 5.85. The van der Waals surface area contributed by atoms with Crippen LogP contribution < -0.4 is 5.32 Å². The minimum atomic E-state index is -2.16. The molecule has 0 atom stereocenters. The van der Waals surface area contributed by atoms with Crippen molar-refractivity contribution in [3.05, 3.63) is 35.7 Å². The van der Waals surface area contributed by atoms with Crippen LogP contribution in [-0.2, 0) is 4.79 Å². The maximum absolute atomic E-state index is 11.4. The summed E-state index contributed by atoms with van der Waals surface area (Å²) < 4.78 is 0. The third-order valence-electron chi connectivity index (χ3n) is 2.85. The van der Waals surface area contributed by atoms with Crippen LogP contribution in [0.3, 0.4) is 0 Å². The predicted octanol–water partition coefficient (Wildman–Crippen LogP) is 2.35. The van der Waals surface area contributed by atoms with Crippen molar-refractivity contribution >= 4 is 19.4 Å². The Hall–Kier alpha value is -1.42. The summed E-state index contributed by atoms with van der Waals surface area (Å²) in [6.07, 6.45) is 5.36. The van der Waals surface area contributed by atoms with E-state index < -0.39 is 14.0 Å². The van der Waals surface area contributed by atoms with Crippen LogP contribution in [0.15, 0.2) is 35.7 Å². The van der Waals surface area contributed by atoms with Gasteiger partial charge in [-0.05, 0) is 18.6 Å². The highest BCUT2D eigenvalue weighted by Gasteiger charge is 2.33. The van der Waals surface area contributed by atoms with Crippen LogP contribution in [0.1, 0.15) is 19.8 Å². The van der Waals surface area contributed by atoms with Crippen molar-refractivity contribution in [2.45, 2.75) is 32.9 Å². The Labute approximate surface area is 103 Å². The van der Waals surface area contributed by atoms with Gasteiger partial charge in [0.1, 0.15) is 8.07 Å². The molecule has 0 aliphatic carbocycles. The summed E-state index contributed by atoms with van der Waals surface area (Å²) in [4.78, 5) is 15.7. The molecule has 0 amide bonds. The normalized spacial score (nSPS) is 12.5. The Kier molecular flexibility index (Phi) is 4.63. The molecule has 1 heterocycles. The molecule has 0 aliphatic heterocycles. The molecule has 0 spiro atoms. The van der Waals surface area contributed by atoms with Crippen molar-refractivity contribution in [2.75, 3.05) is 0 Å². The van der Waals surface area contributed by atoms with Crippen molar-refractivity contribution < 1.29 is 9.90 Å². The fourth-order valence-electron chi connectivity index (χ4n) is 1.77. The highest BCUT2D eigenvalue weighted by atomic mass is 28.3. The van der Waals surface area contributed by atoms with Crippen molar-refractivity contribution in [3.8, 4) is 0 Å². The van der Waals surface area contributed by atoms with Gasteiger partial charge in [-0.3, -0.25) is 4.98 Å². The average Bonchev–Trinajstić information content (AvgIpc) is 2.30. The molecule has 0 saturated carbocycles. The summed E-state index contributed by atoms with van der Waals surface area (Å²) in [5.41, 5.74) is 0. The second-order valence-corrected chi connectivity index (χ2v) is 8.85. The van der Waals surface area contributed by atoms with Gasteiger partial charge in [-0.1, -0.05) is 38.6 Å². The van der Waals surface area contributed by atoms with Gasteiger partial charge in [0.2, 0.25) is 0 Å². The predicted molar refractivity (Wildman–Crippen MR) is 72.0 cm³/mol. The highest BCUT2D eigenvalue weighted by molar-refractivity contribution is 6.98. The fraction of sp³-hybridized carbons (Fsp3) is 0.385. The molecular weight excluding hydrogens is 230 g/mol. The molecule has 0 unspecified atom stereocenters. The summed E-state index contributed by atoms with van der Waals surface area (Å²) >= 11 is 0. The monoisotopic (exact) mass is 249 g/mol. The molecule has 0 saturated heterocycles. The van der Waals surface area contributed by atoms with Gasteiger partial charge in [-0.2, -0.15) is 0 Å². The van der Waals surface area contributed by atoms with Gasteiger partial charge < -0.3 is 5.11 Å². The number of aliphatic carboxylic acids is 1. The van der Waals surface area contributed by atoms with E-state index in [0.29, 0.717) is 5.20 Å². The van der Waals surface area contributed by atoms with E-state index in [1.54, 1.807) is 6.20 Å². The molecule has 0 aromatic carbocycles. The van der Waals surface area contributed by atoms with Crippen LogP contribution in [0.25, 0.3) is 0 Å². The molecule has 92 valence electrons. The van der Waals surface area contributed by atoms with Gasteiger partial charge in [0.25, 0.3) is 0 Å². The van der Waals surface area contributed by atoms with Crippen molar-refractivity contribution in [3.63, 3.8) is 0 Å². The number of pyridine rings is 1. The summed E-state index contributed by atoms with van der Waals surface area (Å²) in [6, 6.07) is 5.69. The average molecular weight is 249 g/mol. The molecule has 1 N–H and O–H groups in total. The minimum Gasteiger partial charge on any atom is -0.478 e. The van der Waals surface area contributed by atoms with E-state index in [1.165, 1.54) is 0 Å². The zero-order valence-electron chi connectivity index (χ0n) is 10.6. The van der Waals surface area contributed by atoms with Crippen molar-refractivity contribution in [1.29, 1.82) is 0 Å². The quantitative estimate of drug-likeness (QED) is 0.643. The topological polar surface area (TPSA) is 50.2 Å². The molecule has 1 aromatic heterocycles. The van der Waals surface area contributed by atoms with E-state index in [0.717, 1.165) is 18.2 Å². The number of unbranched alkanes of at least 4 members (excludes halogenated alkanes) is 1. The van der Waals surface area contributed by atoms with Crippen molar-refractivity contribution in [2.24, 2.45) is 0 Å². The molecule has 1 aromatic rings. The molecule has 4 heteroatoms. The fourth-order valence-corrected chi connectivity index (χ4v) is 4.14. The largest absolute Gasteiger partial charge is 0.478 e. The van der Waals surface area contributed by atoms with E-state index in [-0.39, 0.29) is 0 Å². The number of hydrogen-bond donors (Lipinski definition) is 1. The molecule has 0 bridgehead atoms. The van der Waals surface area contributed by atoms with Crippen LogP contribution in [0.4, 0.5) is 0 Å². The van der Waals surface area contributed by atoms with E-state index in [9.17, 15) is 9.90 Å². The second kappa shape index (κ2) is 5.77. The number of carbonyl (C=O) groups is 1. The Bertz CT molecular complexity index is 413.